The summed E-state index contributed by atoms with van der Waals surface area (Å²) in [5, 5.41) is 0.976. The molecule has 0 unspecified atom stereocenters. The fourth-order valence-corrected chi connectivity index (χ4v) is 3.92. The zero-order valence-electron chi connectivity index (χ0n) is 11.6. The molecular formula is C15H12N4O2S. The van der Waals surface area contributed by atoms with Crippen molar-refractivity contribution in [3.05, 3.63) is 40.8 Å². The summed E-state index contributed by atoms with van der Waals surface area (Å²) in [6.45, 7) is 0. The van der Waals surface area contributed by atoms with Gasteiger partial charge >= 0.3 is 0 Å². The highest BCUT2D eigenvalue weighted by molar-refractivity contribution is 7.18. The van der Waals surface area contributed by atoms with Gasteiger partial charge in [0.05, 0.1) is 17.1 Å². The molecule has 7 heteroatoms. The zero-order valence-corrected chi connectivity index (χ0v) is 12.4. The summed E-state index contributed by atoms with van der Waals surface area (Å²) in [4.78, 5) is 26.1. The van der Waals surface area contributed by atoms with Crippen LogP contribution in [0.25, 0.3) is 10.2 Å². The van der Waals surface area contributed by atoms with Gasteiger partial charge in [-0.05, 0) is 30.9 Å². The van der Waals surface area contributed by atoms with Gasteiger partial charge in [0, 0.05) is 11.1 Å². The number of hydrogen-bond acceptors (Lipinski definition) is 6. The van der Waals surface area contributed by atoms with Crippen molar-refractivity contribution in [1.29, 1.82) is 0 Å². The van der Waals surface area contributed by atoms with Gasteiger partial charge in [0.25, 0.3) is 0 Å². The maximum absolute atomic E-state index is 11.2. The van der Waals surface area contributed by atoms with Crippen LogP contribution in [0.4, 0.5) is 0 Å². The average molecular weight is 312 g/mol. The normalized spacial score (nSPS) is 13.3. The van der Waals surface area contributed by atoms with E-state index < -0.39 is 5.91 Å². The lowest BCUT2D eigenvalue weighted by Crippen LogP contribution is -2.11. The number of pyridine rings is 1. The number of aromatic nitrogens is 3. The standard InChI is InChI=1S/C15H12N4O2S/c16-13(20)8-4-9(6-17-5-8)21-14-12-10-2-1-3-11(10)22-15(12)19-7-18-14/h4-7H,1-3H2,(H2,16,20). The average Bonchev–Trinajstić information content (AvgIpc) is 3.08. The molecule has 0 aliphatic heterocycles. The van der Waals surface area contributed by atoms with Crippen LogP contribution in [-0.2, 0) is 12.8 Å². The Balaban J connectivity index is 1.79. The molecule has 4 rings (SSSR count). The number of nitrogens with two attached hydrogens (primary N) is 1. The second-order valence-electron chi connectivity index (χ2n) is 5.09. The number of carbonyl (C=O) groups excluding carboxylic acids is 1. The SMILES string of the molecule is NC(=O)c1cncc(Oc2ncnc3sc4c(c23)CCC4)c1. The minimum absolute atomic E-state index is 0.304. The van der Waals surface area contributed by atoms with Crippen LogP contribution in [-0.4, -0.2) is 20.9 Å². The fourth-order valence-electron chi connectivity index (χ4n) is 2.70. The first kappa shape index (κ1) is 13.1. The van der Waals surface area contributed by atoms with Gasteiger partial charge in [0.15, 0.2) is 0 Å². The maximum atomic E-state index is 11.2. The van der Waals surface area contributed by atoms with Crippen molar-refractivity contribution < 1.29 is 9.53 Å². The molecule has 0 spiro atoms. The Hall–Kier alpha value is -2.54. The molecule has 3 aromatic rings. The summed E-state index contributed by atoms with van der Waals surface area (Å²) in [5.41, 5.74) is 6.86. The fraction of sp³-hybridized carbons (Fsp3) is 0.200. The van der Waals surface area contributed by atoms with Gasteiger partial charge in [-0.3, -0.25) is 9.78 Å². The van der Waals surface area contributed by atoms with Gasteiger partial charge in [0.1, 0.15) is 16.9 Å². The van der Waals surface area contributed by atoms with Gasteiger partial charge in [-0.1, -0.05) is 0 Å². The van der Waals surface area contributed by atoms with Crippen LogP contribution in [0.3, 0.4) is 0 Å². The molecule has 3 aromatic heterocycles. The molecule has 2 N–H and O–H groups in total. The van der Waals surface area contributed by atoms with Crippen LogP contribution in [0, 0.1) is 0 Å². The Morgan fingerprint density at radius 3 is 3.05 bits per heavy atom. The van der Waals surface area contributed by atoms with E-state index in [4.69, 9.17) is 10.5 Å². The molecule has 0 aromatic carbocycles. The van der Waals surface area contributed by atoms with E-state index >= 15 is 0 Å². The maximum Gasteiger partial charge on any atom is 0.250 e. The largest absolute Gasteiger partial charge is 0.437 e. The van der Waals surface area contributed by atoms with E-state index in [2.05, 4.69) is 15.0 Å². The minimum Gasteiger partial charge on any atom is -0.437 e. The van der Waals surface area contributed by atoms with E-state index in [1.54, 1.807) is 17.4 Å². The van der Waals surface area contributed by atoms with E-state index in [0.29, 0.717) is 17.2 Å². The van der Waals surface area contributed by atoms with Crippen LogP contribution in [0.5, 0.6) is 11.6 Å². The molecule has 0 fully saturated rings. The van der Waals surface area contributed by atoms with E-state index in [-0.39, 0.29) is 0 Å². The Morgan fingerprint density at radius 2 is 2.18 bits per heavy atom. The summed E-state index contributed by atoms with van der Waals surface area (Å²) >= 11 is 1.70. The molecule has 0 saturated carbocycles. The van der Waals surface area contributed by atoms with Gasteiger partial charge < -0.3 is 10.5 Å². The summed E-state index contributed by atoms with van der Waals surface area (Å²) in [6, 6.07) is 1.57. The molecule has 0 bridgehead atoms. The summed E-state index contributed by atoms with van der Waals surface area (Å²) in [6.07, 6.45) is 7.71. The number of fused-ring (bicyclic) bond motifs is 3. The highest BCUT2D eigenvalue weighted by atomic mass is 32.1. The molecule has 0 saturated heterocycles. The first-order valence-corrected chi connectivity index (χ1v) is 7.72. The third kappa shape index (κ3) is 2.10. The van der Waals surface area contributed by atoms with Crippen LogP contribution in [0.2, 0.25) is 0 Å². The lowest BCUT2D eigenvalue weighted by molar-refractivity contribution is 0.0999. The Labute approximate surface area is 130 Å². The van der Waals surface area contributed by atoms with Crippen molar-refractivity contribution in [2.45, 2.75) is 19.3 Å². The van der Waals surface area contributed by atoms with E-state index in [0.717, 1.165) is 29.5 Å². The molecule has 1 amide bonds. The lowest BCUT2D eigenvalue weighted by atomic mass is 10.2. The second kappa shape index (κ2) is 5.03. The third-order valence-corrected chi connectivity index (χ3v) is 4.88. The molecule has 6 nitrogen and oxygen atoms in total. The minimum atomic E-state index is -0.540. The predicted molar refractivity (Wildman–Crippen MR) is 82.3 cm³/mol. The van der Waals surface area contributed by atoms with Gasteiger partial charge in [0.2, 0.25) is 11.8 Å². The molecule has 3 heterocycles. The smallest absolute Gasteiger partial charge is 0.250 e. The Kier molecular flexibility index (Phi) is 3.00. The molecule has 110 valence electrons. The Bertz CT molecular complexity index is 890. The first-order valence-electron chi connectivity index (χ1n) is 6.90. The molecule has 1 aliphatic rings. The van der Waals surface area contributed by atoms with Gasteiger partial charge in [-0.15, -0.1) is 11.3 Å². The van der Waals surface area contributed by atoms with Crippen molar-refractivity contribution in [1.82, 2.24) is 15.0 Å². The number of hydrogen-bond donors (Lipinski definition) is 1. The van der Waals surface area contributed by atoms with Gasteiger partial charge in [-0.2, -0.15) is 0 Å². The van der Waals surface area contributed by atoms with Crippen molar-refractivity contribution in [3.8, 4) is 11.6 Å². The highest BCUT2D eigenvalue weighted by Gasteiger charge is 2.22. The lowest BCUT2D eigenvalue weighted by Gasteiger charge is -2.07. The number of amides is 1. The second-order valence-corrected chi connectivity index (χ2v) is 6.18. The van der Waals surface area contributed by atoms with Crippen molar-refractivity contribution in [2.75, 3.05) is 0 Å². The summed E-state index contributed by atoms with van der Waals surface area (Å²) < 4.78 is 5.85. The van der Waals surface area contributed by atoms with E-state index in [1.807, 2.05) is 0 Å². The number of aryl methyl sites for hydroxylation is 2. The number of ether oxygens (including phenoxy) is 1. The van der Waals surface area contributed by atoms with E-state index in [9.17, 15) is 4.79 Å². The van der Waals surface area contributed by atoms with E-state index in [1.165, 1.54) is 29.2 Å². The molecular weight excluding hydrogens is 300 g/mol. The molecule has 1 aliphatic carbocycles. The molecule has 0 radical (unpaired) electrons. The topological polar surface area (TPSA) is 91.0 Å². The van der Waals surface area contributed by atoms with Crippen molar-refractivity contribution >= 4 is 27.5 Å². The number of rotatable bonds is 3. The van der Waals surface area contributed by atoms with Crippen LogP contribution < -0.4 is 10.5 Å². The Morgan fingerprint density at radius 1 is 1.27 bits per heavy atom. The number of primary amides is 1. The number of nitrogens with zero attached hydrogens (tertiary/aromatic N) is 3. The van der Waals surface area contributed by atoms with Crippen LogP contribution in [0.1, 0.15) is 27.2 Å². The number of carbonyl (C=O) groups is 1. The summed E-state index contributed by atoms with van der Waals surface area (Å²) in [5.74, 6) is 0.407. The quantitative estimate of drug-likeness (QED) is 0.802. The molecule has 22 heavy (non-hydrogen) atoms. The zero-order chi connectivity index (χ0) is 15.1. The van der Waals surface area contributed by atoms with Crippen molar-refractivity contribution in [3.63, 3.8) is 0 Å². The monoisotopic (exact) mass is 312 g/mol. The van der Waals surface area contributed by atoms with Crippen molar-refractivity contribution in [2.24, 2.45) is 5.73 Å². The van der Waals surface area contributed by atoms with Gasteiger partial charge in [-0.25, -0.2) is 9.97 Å². The molecule has 0 atom stereocenters. The third-order valence-electron chi connectivity index (χ3n) is 3.68. The first-order chi connectivity index (χ1) is 10.7. The highest BCUT2D eigenvalue weighted by Crippen LogP contribution is 2.40. The van der Waals surface area contributed by atoms with Crippen LogP contribution >= 0.6 is 11.3 Å². The summed E-state index contributed by atoms with van der Waals surface area (Å²) in [7, 11) is 0. The number of thiophene rings is 1. The van der Waals surface area contributed by atoms with Crippen LogP contribution in [0.15, 0.2) is 24.8 Å². The predicted octanol–water partition coefficient (Wildman–Crippen LogP) is 2.47.